The molecule has 0 radical (unpaired) electrons. The first kappa shape index (κ1) is 13.2. The van der Waals surface area contributed by atoms with Crippen LogP contribution in [0.2, 0.25) is 0 Å². The van der Waals surface area contributed by atoms with Crippen LogP contribution in [0, 0.1) is 11.8 Å². The molecule has 104 valence electrons. The third-order valence-corrected chi connectivity index (χ3v) is 3.77. The predicted octanol–water partition coefficient (Wildman–Crippen LogP) is 1.03. The molecule has 1 aromatic rings. The number of benzene rings is 1. The summed E-state index contributed by atoms with van der Waals surface area (Å²) in [5.74, 6) is 5.47. The van der Waals surface area contributed by atoms with Gasteiger partial charge < -0.3 is 14.7 Å². The van der Waals surface area contributed by atoms with Crippen LogP contribution in [-0.2, 0) is 4.74 Å². The summed E-state index contributed by atoms with van der Waals surface area (Å²) in [6, 6.07) is 7.21. The van der Waals surface area contributed by atoms with Gasteiger partial charge in [-0.1, -0.05) is 11.8 Å². The molecule has 4 heteroatoms. The van der Waals surface area contributed by atoms with Crippen LogP contribution in [0.4, 0.5) is 0 Å². The summed E-state index contributed by atoms with van der Waals surface area (Å²) in [5.41, 5.74) is 1.48. The van der Waals surface area contributed by atoms with Crippen LogP contribution in [0.5, 0.6) is 0 Å². The number of aliphatic hydroxyl groups excluding tert-OH is 1. The summed E-state index contributed by atoms with van der Waals surface area (Å²) in [4.78, 5) is 14.3. The van der Waals surface area contributed by atoms with E-state index in [1.807, 2.05) is 17.0 Å². The van der Waals surface area contributed by atoms with Gasteiger partial charge in [0.05, 0.1) is 12.2 Å². The summed E-state index contributed by atoms with van der Waals surface area (Å²) in [5, 5.41) is 8.65. The molecule has 2 atom stereocenters. The Hall–Kier alpha value is -1.83. The molecular weight excluding hydrogens is 254 g/mol. The van der Waals surface area contributed by atoms with Gasteiger partial charge in [0, 0.05) is 24.2 Å². The van der Waals surface area contributed by atoms with E-state index in [0.29, 0.717) is 18.7 Å². The second-order valence-electron chi connectivity index (χ2n) is 5.20. The van der Waals surface area contributed by atoms with Gasteiger partial charge in [0.2, 0.25) is 0 Å². The van der Waals surface area contributed by atoms with Gasteiger partial charge in [-0.15, -0.1) is 0 Å². The standard InChI is InChI=1S/C16H17NO3/c18-9-1-2-12-3-5-13(6-4-12)16(19)17-10-14-7-8-15(11-17)20-14/h3-6,14-15,18H,7-11H2. The number of amides is 1. The van der Waals surface area contributed by atoms with Gasteiger partial charge in [-0.3, -0.25) is 4.79 Å². The number of likely N-dealkylation sites (tertiary alicyclic amines) is 1. The number of fused-ring (bicyclic) bond motifs is 2. The largest absolute Gasteiger partial charge is 0.384 e. The van der Waals surface area contributed by atoms with Crippen LogP contribution in [0.1, 0.15) is 28.8 Å². The quantitative estimate of drug-likeness (QED) is 0.776. The van der Waals surface area contributed by atoms with E-state index in [-0.39, 0.29) is 24.7 Å². The lowest BCUT2D eigenvalue weighted by molar-refractivity contribution is -0.0303. The Kier molecular flexibility index (Phi) is 3.72. The molecule has 20 heavy (non-hydrogen) atoms. The lowest BCUT2D eigenvalue weighted by atomic mass is 10.1. The highest BCUT2D eigenvalue weighted by atomic mass is 16.5. The van der Waals surface area contributed by atoms with E-state index in [2.05, 4.69) is 11.8 Å². The zero-order valence-electron chi connectivity index (χ0n) is 11.2. The minimum Gasteiger partial charge on any atom is -0.384 e. The first-order valence-electron chi connectivity index (χ1n) is 6.91. The Bertz CT molecular complexity index is 543. The molecule has 2 fully saturated rings. The second kappa shape index (κ2) is 5.66. The monoisotopic (exact) mass is 271 g/mol. The van der Waals surface area contributed by atoms with Gasteiger partial charge in [0.15, 0.2) is 0 Å². The lowest BCUT2D eigenvalue weighted by Crippen LogP contribution is -2.45. The first-order chi connectivity index (χ1) is 9.76. The van der Waals surface area contributed by atoms with E-state index in [0.717, 1.165) is 18.4 Å². The normalized spacial score (nSPS) is 24.1. The van der Waals surface area contributed by atoms with Crippen LogP contribution < -0.4 is 0 Å². The molecule has 0 aromatic heterocycles. The Morgan fingerprint density at radius 3 is 2.50 bits per heavy atom. The van der Waals surface area contributed by atoms with Gasteiger partial charge in [-0.2, -0.15) is 0 Å². The Balaban J connectivity index is 1.70. The molecule has 2 aliphatic heterocycles. The molecule has 1 N–H and O–H groups in total. The minimum absolute atomic E-state index is 0.0619. The molecule has 1 aromatic carbocycles. The molecule has 4 nitrogen and oxygen atoms in total. The number of ether oxygens (including phenoxy) is 1. The number of carbonyl (C=O) groups excluding carboxylic acids is 1. The van der Waals surface area contributed by atoms with E-state index in [9.17, 15) is 4.79 Å². The number of hydrogen-bond donors (Lipinski definition) is 1. The molecular formula is C16H17NO3. The third kappa shape index (κ3) is 2.69. The highest BCUT2D eigenvalue weighted by Crippen LogP contribution is 2.27. The average Bonchev–Trinajstić information content (AvgIpc) is 2.83. The number of nitrogens with zero attached hydrogens (tertiary/aromatic N) is 1. The van der Waals surface area contributed by atoms with E-state index in [1.54, 1.807) is 12.1 Å². The van der Waals surface area contributed by atoms with Crippen molar-refractivity contribution in [2.24, 2.45) is 0 Å². The van der Waals surface area contributed by atoms with E-state index < -0.39 is 0 Å². The lowest BCUT2D eigenvalue weighted by Gasteiger charge is -2.32. The highest BCUT2D eigenvalue weighted by Gasteiger charge is 2.35. The minimum atomic E-state index is -0.156. The molecule has 2 aliphatic rings. The smallest absolute Gasteiger partial charge is 0.254 e. The third-order valence-electron chi connectivity index (χ3n) is 3.77. The summed E-state index contributed by atoms with van der Waals surface area (Å²) >= 11 is 0. The number of rotatable bonds is 1. The van der Waals surface area contributed by atoms with E-state index >= 15 is 0 Å². The van der Waals surface area contributed by atoms with Crippen LogP contribution in [0.3, 0.4) is 0 Å². The molecule has 1 amide bonds. The molecule has 0 spiro atoms. The number of carbonyl (C=O) groups is 1. The fourth-order valence-corrected chi connectivity index (χ4v) is 2.80. The number of hydrogen-bond acceptors (Lipinski definition) is 3. The summed E-state index contributed by atoms with van der Waals surface area (Å²) < 4.78 is 5.74. The molecule has 2 heterocycles. The average molecular weight is 271 g/mol. The van der Waals surface area contributed by atoms with Crippen molar-refractivity contribution in [2.45, 2.75) is 25.0 Å². The summed E-state index contributed by atoms with van der Waals surface area (Å²) in [7, 11) is 0. The SMILES string of the molecule is O=C(c1ccc(C#CCO)cc1)N1CC2CCC(C1)O2. The second-order valence-corrected chi connectivity index (χ2v) is 5.20. The maximum absolute atomic E-state index is 12.4. The van der Waals surface area contributed by atoms with Crippen molar-refractivity contribution < 1.29 is 14.6 Å². The molecule has 0 saturated carbocycles. The highest BCUT2D eigenvalue weighted by molar-refractivity contribution is 5.94. The van der Waals surface area contributed by atoms with Crippen molar-refractivity contribution in [3.63, 3.8) is 0 Å². The number of morpholine rings is 1. The Morgan fingerprint density at radius 1 is 1.25 bits per heavy atom. The Labute approximate surface area is 118 Å². The molecule has 2 unspecified atom stereocenters. The fraction of sp³-hybridized carbons (Fsp3) is 0.438. The van der Waals surface area contributed by atoms with Crippen molar-refractivity contribution in [1.82, 2.24) is 4.90 Å². The van der Waals surface area contributed by atoms with Crippen molar-refractivity contribution in [3.05, 3.63) is 35.4 Å². The van der Waals surface area contributed by atoms with E-state index in [4.69, 9.17) is 9.84 Å². The predicted molar refractivity (Wildman–Crippen MR) is 74.2 cm³/mol. The fourth-order valence-electron chi connectivity index (χ4n) is 2.80. The summed E-state index contributed by atoms with van der Waals surface area (Å²) in [6.07, 6.45) is 2.55. The van der Waals surface area contributed by atoms with Gasteiger partial charge in [0.1, 0.15) is 6.61 Å². The zero-order chi connectivity index (χ0) is 13.9. The van der Waals surface area contributed by atoms with Crippen LogP contribution in [0.25, 0.3) is 0 Å². The topological polar surface area (TPSA) is 49.8 Å². The van der Waals surface area contributed by atoms with Gasteiger partial charge in [-0.05, 0) is 37.1 Å². The molecule has 3 rings (SSSR count). The van der Waals surface area contributed by atoms with Crippen LogP contribution in [0.15, 0.2) is 24.3 Å². The van der Waals surface area contributed by atoms with Crippen LogP contribution >= 0.6 is 0 Å². The van der Waals surface area contributed by atoms with Gasteiger partial charge in [-0.25, -0.2) is 0 Å². The van der Waals surface area contributed by atoms with Gasteiger partial charge in [0.25, 0.3) is 5.91 Å². The van der Waals surface area contributed by atoms with Crippen LogP contribution in [-0.4, -0.2) is 47.8 Å². The first-order valence-corrected chi connectivity index (χ1v) is 6.91. The van der Waals surface area contributed by atoms with Crippen molar-refractivity contribution in [3.8, 4) is 11.8 Å². The Morgan fingerprint density at radius 2 is 1.90 bits per heavy atom. The molecule has 2 saturated heterocycles. The van der Waals surface area contributed by atoms with Crippen molar-refractivity contribution in [2.75, 3.05) is 19.7 Å². The maximum Gasteiger partial charge on any atom is 0.254 e. The zero-order valence-corrected chi connectivity index (χ0v) is 11.2. The molecule has 2 bridgehead atoms. The van der Waals surface area contributed by atoms with Crippen molar-refractivity contribution in [1.29, 1.82) is 0 Å². The van der Waals surface area contributed by atoms with Crippen molar-refractivity contribution >= 4 is 5.91 Å². The molecule has 0 aliphatic carbocycles. The maximum atomic E-state index is 12.4. The van der Waals surface area contributed by atoms with E-state index in [1.165, 1.54) is 0 Å². The summed E-state index contributed by atoms with van der Waals surface area (Å²) in [6.45, 7) is 1.24. The van der Waals surface area contributed by atoms with Gasteiger partial charge >= 0.3 is 0 Å². The number of aliphatic hydroxyl groups is 1.